The van der Waals surface area contributed by atoms with Crippen molar-refractivity contribution in [2.45, 2.75) is 40.8 Å². The summed E-state index contributed by atoms with van der Waals surface area (Å²) in [7, 11) is 0. The highest BCUT2D eigenvalue weighted by molar-refractivity contribution is 5.98. The van der Waals surface area contributed by atoms with Gasteiger partial charge >= 0.3 is 5.97 Å². The Morgan fingerprint density at radius 2 is 2.17 bits per heavy atom. The Hall–Kier alpha value is -3.60. The van der Waals surface area contributed by atoms with Crippen LogP contribution in [0.1, 0.15) is 36.7 Å². The highest BCUT2D eigenvalue weighted by atomic mass is 16.5. The number of esters is 1. The molecule has 0 bridgehead atoms. The van der Waals surface area contributed by atoms with Crippen molar-refractivity contribution in [3.63, 3.8) is 0 Å². The molecule has 0 unspecified atom stereocenters. The zero-order valence-electron chi connectivity index (χ0n) is 16.8. The predicted molar refractivity (Wildman–Crippen MR) is 104 cm³/mol. The Balaban J connectivity index is 1.70. The molecule has 0 aliphatic rings. The molecule has 0 N–H and O–H groups in total. The van der Waals surface area contributed by atoms with E-state index >= 15 is 0 Å². The van der Waals surface area contributed by atoms with Crippen molar-refractivity contribution >= 4 is 12.0 Å². The van der Waals surface area contributed by atoms with E-state index in [2.05, 4.69) is 28.6 Å². The monoisotopic (exact) mass is 394 g/mol. The maximum atomic E-state index is 12.3. The molecule has 0 aliphatic carbocycles. The molecular weight excluding hydrogens is 372 g/mol. The smallest absolute Gasteiger partial charge is 0.349 e. The van der Waals surface area contributed by atoms with Gasteiger partial charge in [-0.2, -0.15) is 5.26 Å². The Kier molecular flexibility index (Phi) is 5.98. The zero-order chi connectivity index (χ0) is 21.0. The zero-order valence-corrected chi connectivity index (χ0v) is 16.8. The molecule has 29 heavy (non-hydrogen) atoms. The van der Waals surface area contributed by atoms with E-state index in [1.807, 2.05) is 26.0 Å². The maximum absolute atomic E-state index is 12.3. The minimum atomic E-state index is -0.751. The minimum absolute atomic E-state index is 0.0967. The van der Waals surface area contributed by atoms with Crippen LogP contribution in [0.5, 0.6) is 0 Å². The van der Waals surface area contributed by atoms with Gasteiger partial charge in [0.05, 0.1) is 6.26 Å². The van der Waals surface area contributed by atoms with Crippen LogP contribution in [0.15, 0.2) is 38.9 Å². The van der Waals surface area contributed by atoms with Crippen LogP contribution in [0, 0.1) is 31.1 Å². The van der Waals surface area contributed by atoms with Gasteiger partial charge in [0, 0.05) is 17.9 Å². The van der Waals surface area contributed by atoms with Crippen LogP contribution in [0.25, 0.3) is 17.7 Å². The first-order valence-corrected chi connectivity index (χ1v) is 9.21. The molecule has 0 saturated carbocycles. The molecule has 0 saturated heterocycles. The largest absolute Gasteiger partial charge is 0.459 e. The molecule has 0 aliphatic heterocycles. The number of hydrogen-bond acceptors (Lipinski definition) is 7. The summed E-state index contributed by atoms with van der Waals surface area (Å²) in [5.74, 6) is 0.452. The number of nitriles is 1. The molecule has 150 valence electrons. The number of nitrogens with zero attached hydrogens (tertiary/aromatic N) is 4. The van der Waals surface area contributed by atoms with Gasteiger partial charge in [-0.1, -0.05) is 13.8 Å². The highest BCUT2D eigenvalue weighted by Gasteiger charge is 2.17. The Morgan fingerprint density at radius 1 is 1.38 bits per heavy atom. The lowest BCUT2D eigenvalue weighted by Gasteiger charge is -2.12. The highest BCUT2D eigenvalue weighted by Crippen LogP contribution is 2.21. The molecule has 0 fully saturated rings. The third-order valence-electron chi connectivity index (χ3n) is 4.33. The van der Waals surface area contributed by atoms with E-state index < -0.39 is 5.97 Å². The first-order chi connectivity index (χ1) is 13.9. The summed E-state index contributed by atoms with van der Waals surface area (Å²) in [4.78, 5) is 12.3. The molecule has 3 aromatic heterocycles. The Bertz CT molecular complexity index is 1070. The molecule has 0 amide bonds. The molecule has 0 spiro atoms. The van der Waals surface area contributed by atoms with Crippen molar-refractivity contribution in [3.05, 3.63) is 52.9 Å². The Morgan fingerprint density at radius 3 is 2.83 bits per heavy atom. The van der Waals surface area contributed by atoms with E-state index in [0.717, 1.165) is 23.5 Å². The van der Waals surface area contributed by atoms with E-state index in [1.54, 1.807) is 18.2 Å². The van der Waals surface area contributed by atoms with Crippen LogP contribution in [-0.4, -0.2) is 20.7 Å². The quantitative estimate of drug-likeness (QED) is 0.338. The predicted octanol–water partition coefficient (Wildman–Crippen LogP) is 4.05. The first kappa shape index (κ1) is 20.1. The van der Waals surface area contributed by atoms with Crippen LogP contribution in [0.2, 0.25) is 0 Å². The summed E-state index contributed by atoms with van der Waals surface area (Å²) in [6, 6.07) is 7.23. The van der Waals surface area contributed by atoms with Gasteiger partial charge in [0.1, 0.15) is 11.6 Å². The molecule has 3 aromatic rings. The summed E-state index contributed by atoms with van der Waals surface area (Å²) in [6.07, 6.45) is 3.03. The van der Waals surface area contributed by atoms with Gasteiger partial charge in [0.25, 0.3) is 11.8 Å². The lowest BCUT2D eigenvalue weighted by molar-refractivity contribution is -0.140. The molecule has 3 rings (SSSR count). The van der Waals surface area contributed by atoms with E-state index in [9.17, 15) is 10.1 Å². The van der Waals surface area contributed by atoms with E-state index in [0.29, 0.717) is 11.7 Å². The van der Waals surface area contributed by atoms with Gasteiger partial charge in [-0.3, -0.25) is 0 Å². The van der Waals surface area contributed by atoms with E-state index in [1.165, 1.54) is 6.26 Å². The summed E-state index contributed by atoms with van der Waals surface area (Å²) < 4.78 is 17.9. The second kappa shape index (κ2) is 8.61. The second-order valence-corrected chi connectivity index (χ2v) is 7.06. The molecule has 3 heterocycles. The van der Waals surface area contributed by atoms with Crippen molar-refractivity contribution in [2.75, 3.05) is 0 Å². The van der Waals surface area contributed by atoms with Crippen LogP contribution in [-0.2, 0) is 22.7 Å². The number of hydrogen-bond donors (Lipinski definition) is 0. The van der Waals surface area contributed by atoms with Crippen molar-refractivity contribution in [2.24, 2.45) is 5.92 Å². The molecule has 8 nitrogen and oxygen atoms in total. The number of rotatable bonds is 7. The summed E-state index contributed by atoms with van der Waals surface area (Å²) in [5, 5.41) is 17.0. The van der Waals surface area contributed by atoms with Crippen LogP contribution >= 0.6 is 0 Å². The lowest BCUT2D eigenvalue weighted by Crippen LogP contribution is -2.08. The standard InChI is InChI=1S/C21H22N4O4/c1-13(2)11-25-14(3)8-16(15(25)4)9-17(10-22)21(26)28-12-19-23-24-20(29-19)18-6-5-7-27-18/h5-9,13H,11-12H2,1-4H3/b17-9+. The van der Waals surface area contributed by atoms with Crippen molar-refractivity contribution in [3.8, 4) is 17.7 Å². The van der Waals surface area contributed by atoms with Crippen LogP contribution < -0.4 is 0 Å². The molecule has 0 aromatic carbocycles. The first-order valence-electron chi connectivity index (χ1n) is 9.21. The van der Waals surface area contributed by atoms with E-state index in [-0.39, 0.29) is 24.0 Å². The van der Waals surface area contributed by atoms with Crippen molar-refractivity contribution < 1.29 is 18.4 Å². The van der Waals surface area contributed by atoms with Crippen molar-refractivity contribution in [1.29, 1.82) is 5.26 Å². The lowest BCUT2D eigenvalue weighted by atomic mass is 10.1. The fraction of sp³-hybridized carbons (Fsp3) is 0.333. The van der Waals surface area contributed by atoms with Crippen LogP contribution in [0.4, 0.5) is 0 Å². The molecule has 0 radical (unpaired) electrons. The maximum Gasteiger partial charge on any atom is 0.349 e. The van der Waals surface area contributed by atoms with Gasteiger partial charge < -0.3 is 18.1 Å². The third kappa shape index (κ3) is 4.63. The number of aryl methyl sites for hydroxylation is 1. The number of ether oxygens (including phenoxy) is 1. The summed E-state index contributed by atoms with van der Waals surface area (Å²) in [5.41, 5.74) is 2.79. The number of aromatic nitrogens is 3. The SMILES string of the molecule is Cc1cc(/C=C(\C#N)C(=O)OCc2nnc(-c3ccco3)o2)c(C)n1CC(C)C. The van der Waals surface area contributed by atoms with Gasteiger partial charge in [0.15, 0.2) is 12.4 Å². The third-order valence-corrected chi connectivity index (χ3v) is 4.33. The summed E-state index contributed by atoms with van der Waals surface area (Å²) >= 11 is 0. The van der Waals surface area contributed by atoms with Crippen LogP contribution in [0.3, 0.4) is 0 Å². The topological polar surface area (TPSA) is 107 Å². The van der Waals surface area contributed by atoms with Crippen molar-refractivity contribution in [1.82, 2.24) is 14.8 Å². The molecular formula is C21H22N4O4. The van der Waals surface area contributed by atoms with Gasteiger partial charge in [0.2, 0.25) is 0 Å². The number of carbonyl (C=O) groups excluding carboxylic acids is 1. The van der Waals surface area contributed by atoms with Gasteiger partial charge in [-0.15, -0.1) is 10.2 Å². The fourth-order valence-corrected chi connectivity index (χ4v) is 2.93. The molecule has 8 heteroatoms. The fourth-order valence-electron chi connectivity index (χ4n) is 2.93. The van der Waals surface area contributed by atoms with E-state index in [4.69, 9.17) is 13.6 Å². The summed E-state index contributed by atoms with van der Waals surface area (Å²) in [6.45, 7) is 8.88. The average molecular weight is 394 g/mol. The number of furan rings is 1. The normalized spacial score (nSPS) is 11.7. The second-order valence-electron chi connectivity index (χ2n) is 7.06. The average Bonchev–Trinajstić information content (AvgIpc) is 3.41. The number of carbonyl (C=O) groups is 1. The molecule has 0 atom stereocenters. The van der Waals surface area contributed by atoms with Gasteiger partial charge in [-0.25, -0.2) is 4.79 Å². The Labute approximate surface area is 168 Å². The van der Waals surface area contributed by atoms with Gasteiger partial charge in [-0.05, 0) is 49.6 Å². The minimum Gasteiger partial charge on any atom is -0.459 e.